The van der Waals surface area contributed by atoms with Gasteiger partial charge in [0.2, 0.25) is 12.1 Å². The number of fused-ring (bicyclic) bond motifs is 4. The highest BCUT2D eigenvalue weighted by atomic mass is 16.5. The third-order valence-electron chi connectivity index (χ3n) is 5.18. The zero-order valence-electron chi connectivity index (χ0n) is 17.3. The van der Waals surface area contributed by atoms with Gasteiger partial charge in [0.1, 0.15) is 5.75 Å². The Hall–Kier alpha value is -3.87. The molecule has 4 aromatic rings. The van der Waals surface area contributed by atoms with Crippen LogP contribution in [-0.2, 0) is 0 Å². The van der Waals surface area contributed by atoms with Crippen LogP contribution < -0.4 is 19.5 Å². The van der Waals surface area contributed by atoms with Crippen molar-refractivity contribution in [2.24, 2.45) is 0 Å². The molecule has 5 rings (SSSR count). The summed E-state index contributed by atoms with van der Waals surface area (Å²) >= 11 is 0. The number of rotatable bonds is 5. The van der Waals surface area contributed by atoms with E-state index in [0.29, 0.717) is 18.2 Å². The molecule has 156 valence electrons. The molecule has 1 aliphatic rings. The number of hydrogen-bond acceptors (Lipinski definition) is 7. The maximum atomic E-state index is 6.41. The van der Waals surface area contributed by atoms with Crippen LogP contribution in [-0.4, -0.2) is 28.9 Å². The van der Waals surface area contributed by atoms with Crippen molar-refractivity contribution in [2.75, 3.05) is 19.0 Å². The zero-order valence-corrected chi connectivity index (χ0v) is 17.3. The van der Waals surface area contributed by atoms with Crippen molar-refractivity contribution < 1.29 is 14.2 Å². The Kier molecular flexibility index (Phi) is 5.00. The molecule has 2 heterocycles. The molecule has 3 aromatic carbocycles. The molecular formula is C24H22N4O3. The van der Waals surface area contributed by atoms with Gasteiger partial charge >= 0.3 is 6.01 Å². The Balaban J connectivity index is 1.69. The molecule has 31 heavy (non-hydrogen) atoms. The van der Waals surface area contributed by atoms with E-state index in [9.17, 15) is 0 Å². The summed E-state index contributed by atoms with van der Waals surface area (Å²) in [5.74, 6) is 1.08. The fourth-order valence-corrected chi connectivity index (χ4v) is 3.76. The van der Waals surface area contributed by atoms with Crippen LogP contribution in [0.15, 0.2) is 60.7 Å². The van der Waals surface area contributed by atoms with Gasteiger partial charge in [-0.25, -0.2) is 0 Å². The fourth-order valence-electron chi connectivity index (χ4n) is 3.76. The van der Waals surface area contributed by atoms with Gasteiger partial charge in [-0.2, -0.15) is 4.98 Å². The number of methoxy groups -OCH3 is 1. The Morgan fingerprint density at radius 3 is 2.71 bits per heavy atom. The van der Waals surface area contributed by atoms with Crippen LogP contribution >= 0.6 is 0 Å². The number of benzene rings is 3. The second kappa shape index (κ2) is 8.10. The fraction of sp³-hybridized carbons (Fsp3) is 0.208. The Morgan fingerprint density at radius 2 is 1.84 bits per heavy atom. The first-order chi connectivity index (χ1) is 15.3. The van der Waals surface area contributed by atoms with Crippen LogP contribution in [0.1, 0.15) is 25.1 Å². The Morgan fingerprint density at radius 1 is 1.00 bits per heavy atom. The summed E-state index contributed by atoms with van der Waals surface area (Å²) in [7, 11) is 1.66. The minimum Gasteiger partial charge on any atom is -0.496 e. The summed E-state index contributed by atoms with van der Waals surface area (Å²) in [5.41, 5.74) is 3.19. The molecule has 0 saturated heterocycles. The van der Waals surface area contributed by atoms with Crippen LogP contribution in [0.5, 0.6) is 17.6 Å². The van der Waals surface area contributed by atoms with E-state index in [1.807, 2.05) is 55.5 Å². The van der Waals surface area contributed by atoms with Gasteiger partial charge in [0.05, 0.1) is 19.3 Å². The third kappa shape index (κ3) is 3.48. The lowest BCUT2D eigenvalue weighted by Gasteiger charge is -2.23. The maximum absolute atomic E-state index is 6.41. The smallest absolute Gasteiger partial charge is 0.339 e. The molecule has 1 atom stereocenters. The molecule has 0 spiro atoms. The molecule has 1 aromatic heterocycles. The zero-order chi connectivity index (χ0) is 21.2. The first-order valence-electron chi connectivity index (χ1n) is 10.2. The first-order valence-corrected chi connectivity index (χ1v) is 10.2. The molecule has 0 radical (unpaired) electrons. The predicted molar refractivity (Wildman–Crippen MR) is 119 cm³/mol. The van der Waals surface area contributed by atoms with E-state index in [4.69, 9.17) is 14.2 Å². The number of hydrogen-bond donors (Lipinski definition) is 1. The van der Waals surface area contributed by atoms with Gasteiger partial charge in [-0.05, 0) is 29.3 Å². The van der Waals surface area contributed by atoms with Crippen molar-refractivity contribution >= 4 is 16.5 Å². The van der Waals surface area contributed by atoms with Crippen molar-refractivity contribution in [1.29, 1.82) is 0 Å². The maximum Gasteiger partial charge on any atom is 0.339 e. The van der Waals surface area contributed by atoms with Gasteiger partial charge in [-0.15, -0.1) is 5.10 Å². The SMILES string of the molecule is CCCOc1nnc2c(n1)OC(c1c(OC)ccc3ccccc13)Nc1ccccc1-2. The summed E-state index contributed by atoms with van der Waals surface area (Å²) < 4.78 is 17.7. The number of ether oxygens (including phenoxy) is 3. The van der Waals surface area contributed by atoms with E-state index >= 15 is 0 Å². The normalized spacial score (nSPS) is 14.6. The van der Waals surface area contributed by atoms with Gasteiger partial charge in [0, 0.05) is 11.3 Å². The van der Waals surface area contributed by atoms with Crippen molar-refractivity contribution in [3.05, 3.63) is 66.2 Å². The Bertz CT molecular complexity index is 1240. The van der Waals surface area contributed by atoms with E-state index in [2.05, 4.69) is 32.6 Å². The number of anilines is 1. The quantitative estimate of drug-likeness (QED) is 0.493. The van der Waals surface area contributed by atoms with Crippen LogP contribution in [0.4, 0.5) is 5.69 Å². The monoisotopic (exact) mass is 414 g/mol. The van der Waals surface area contributed by atoms with Crippen LogP contribution in [0.3, 0.4) is 0 Å². The molecule has 1 unspecified atom stereocenters. The minimum atomic E-state index is -0.556. The highest BCUT2D eigenvalue weighted by molar-refractivity contribution is 5.89. The lowest BCUT2D eigenvalue weighted by Crippen LogP contribution is -2.18. The lowest BCUT2D eigenvalue weighted by atomic mass is 10.0. The molecule has 7 nitrogen and oxygen atoms in total. The topological polar surface area (TPSA) is 78.4 Å². The summed E-state index contributed by atoms with van der Waals surface area (Å²) in [6.07, 6.45) is 0.292. The standard InChI is InChI=1S/C24H22N4O3/c1-3-14-30-24-26-23-21(27-28-24)17-10-6-7-11-18(17)25-22(31-23)20-16-9-5-4-8-15(16)12-13-19(20)29-2/h4-13,22,25H,3,14H2,1-2H3. The first kappa shape index (κ1) is 19.1. The highest BCUT2D eigenvalue weighted by Gasteiger charge is 2.29. The molecule has 7 heteroatoms. The van der Waals surface area contributed by atoms with Crippen LogP contribution in [0, 0.1) is 0 Å². The molecule has 1 N–H and O–H groups in total. The van der Waals surface area contributed by atoms with Crippen molar-refractivity contribution in [1.82, 2.24) is 15.2 Å². The van der Waals surface area contributed by atoms with Gasteiger partial charge in [0.15, 0.2) is 5.69 Å². The second-order valence-corrected chi connectivity index (χ2v) is 7.19. The van der Waals surface area contributed by atoms with Gasteiger partial charge in [-0.3, -0.25) is 0 Å². The largest absolute Gasteiger partial charge is 0.496 e. The van der Waals surface area contributed by atoms with Crippen molar-refractivity contribution in [2.45, 2.75) is 19.6 Å². The molecular weight excluding hydrogens is 392 g/mol. The Labute approximate surface area is 180 Å². The second-order valence-electron chi connectivity index (χ2n) is 7.19. The van der Waals surface area contributed by atoms with Crippen LogP contribution in [0.2, 0.25) is 0 Å². The average Bonchev–Trinajstić information content (AvgIpc) is 2.98. The van der Waals surface area contributed by atoms with Crippen molar-refractivity contribution in [3.8, 4) is 28.9 Å². The molecule has 0 bridgehead atoms. The molecule has 1 aliphatic heterocycles. The average molecular weight is 414 g/mol. The van der Waals surface area contributed by atoms with E-state index in [0.717, 1.165) is 39.8 Å². The number of para-hydroxylation sites is 1. The molecule has 0 fully saturated rings. The van der Waals surface area contributed by atoms with E-state index in [-0.39, 0.29) is 6.01 Å². The molecule has 0 aliphatic carbocycles. The predicted octanol–water partition coefficient (Wildman–Crippen LogP) is 4.99. The van der Waals surface area contributed by atoms with Crippen LogP contribution in [0.25, 0.3) is 22.0 Å². The summed E-state index contributed by atoms with van der Waals surface area (Å²) in [6, 6.07) is 20.2. The minimum absolute atomic E-state index is 0.198. The number of aromatic nitrogens is 3. The molecule has 0 amide bonds. The summed E-state index contributed by atoms with van der Waals surface area (Å²) in [5, 5.41) is 14.1. The summed E-state index contributed by atoms with van der Waals surface area (Å²) in [4.78, 5) is 4.52. The number of nitrogens with zero attached hydrogens (tertiary/aromatic N) is 3. The van der Waals surface area contributed by atoms with Gasteiger partial charge in [0.25, 0.3) is 0 Å². The molecule has 0 saturated carbocycles. The van der Waals surface area contributed by atoms with Gasteiger partial charge < -0.3 is 19.5 Å². The third-order valence-corrected chi connectivity index (χ3v) is 5.18. The lowest BCUT2D eigenvalue weighted by molar-refractivity contribution is 0.215. The van der Waals surface area contributed by atoms with E-state index in [1.54, 1.807) is 7.11 Å². The number of nitrogens with one attached hydrogen (secondary N) is 1. The van der Waals surface area contributed by atoms with E-state index in [1.165, 1.54) is 0 Å². The summed E-state index contributed by atoms with van der Waals surface area (Å²) in [6.45, 7) is 2.53. The highest BCUT2D eigenvalue weighted by Crippen LogP contribution is 2.42. The van der Waals surface area contributed by atoms with E-state index < -0.39 is 6.23 Å². The van der Waals surface area contributed by atoms with Gasteiger partial charge in [-0.1, -0.05) is 60.6 Å². The van der Waals surface area contributed by atoms with Crippen molar-refractivity contribution in [3.63, 3.8) is 0 Å².